The van der Waals surface area contributed by atoms with Gasteiger partial charge in [0.2, 0.25) is 0 Å². The number of hydrogen-bond acceptors (Lipinski definition) is 8. The first-order valence-corrected chi connectivity index (χ1v) is 13.1. The number of aromatic nitrogens is 1. The second-order valence-electron chi connectivity index (χ2n) is 9.67. The molecule has 0 saturated carbocycles. The predicted octanol–water partition coefficient (Wildman–Crippen LogP) is 4.59. The zero-order valence-corrected chi connectivity index (χ0v) is 23.0. The highest BCUT2D eigenvalue weighted by atomic mass is 35.5. The third kappa shape index (κ3) is 5.63. The van der Waals surface area contributed by atoms with Gasteiger partial charge in [0, 0.05) is 52.2 Å². The van der Waals surface area contributed by atoms with Crippen molar-refractivity contribution in [2.75, 3.05) is 32.3 Å². The van der Waals surface area contributed by atoms with Crippen LogP contribution in [0, 0.1) is 5.41 Å². The van der Waals surface area contributed by atoms with Crippen molar-refractivity contribution in [3.63, 3.8) is 0 Å². The molecule has 0 aliphatic carbocycles. The van der Waals surface area contributed by atoms with Gasteiger partial charge in [-0.25, -0.2) is 9.78 Å². The van der Waals surface area contributed by atoms with Crippen LogP contribution in [0.3, 0.4) is 0 Å². The number of halogens is 1. The predicted molar refractivity (Wildman–Crippen MR) is 144 cm³/mol. The fourth-order valence-corrected chi connectivity index (χ4v) is 5.35. The quantitative estimate of drug-likeness (QED) is 0.390. The van der Waals surface area contributed by atoms with Crippen molar-refractivity contribution in [3.05, 3.63) is 68.6 Å². The Hall–Kier alpha value is -3.18. The van der Waals surface area contributed by atoms with Gasteiger partial charge in [0.05, 0.1) is 19.2 Å². The number of anilines is 1. The van der Waals surface area contributed by atoms with Gasteiger partial charge in [0.25, 0.3) is 5.91 Å². The molecule has 2 N–H and O–H groups in total. The number of carbonyl (C=O) groups excluding carboxylic acids is 1. The number of ether oxygens (including phenoxy) is 3. The smallest absolute Gasteiger partial charge is 0.355 e. The number of hydrogen-bond donors (Lipinski definition) is 2. The SMILES string of the molecule is COc1cccc([C@H]2O[C@H](Cc3nc(C(=O)O)cs3)C(=O)N(CC(C)(C)CO)c3ccc(Cl)cc32)c1OC. The van der Waals surface area contributed by atoms with Crippen molar-refractivity contribution in [1.82, 2.24) is 4.98 Å². The number of methoxy groups -OCH3 is 2. The van der Waals surface area contributed by atoms with E-state index in [1.165, 1.54) is 19.6 Å². The maximum Gasteiger partial charge on any atom is 0.355 e. The normalized spacial score (nSPS) is 17.6. The molecule has 4 rings (SSSR count). The Bertz CT molecular complexity index is 1340. The molecule has 0 spiro atoms. The van der Waals surface area contributed by atoms with Gasteiger partial charge < -0.3 is 29.3 Å². The minimum Gasteiger partial charge on any atom is -0.493 e. The van der Waals surface area contributed by atoms with E-state index in [0.717, 1.165) is 11.3 Å². The van der Waals surface area contributed by atoms with Crippen LogP contribution in [0.5, 0.6) is 11.5 Å². The third-order valence-electron chi connectivity index (χ3n) is 6.27. The van der Waals surface area contributed by atoms with Crippen molar-refractivity contribution < 1.29 is 34.0 Å². The highest BCUT2D eigenvalue weighted by Crippen LogP contribution is 2.45. The molecule has 0 unspecified atom stereocenters. The summed E-state index contributed by atoms with van der Waals surface area (Å²) in [5.41, 5.74) is 1.14. The Labute approximate surface area is 229 Å². The first-order valence-electron chi connectivity index (χ1n) is 11.8. The number of nitrogens with zero attached hydrogens (tertiary/aromatic N) is 2. The number of carboxylic acids is 1. The molecule has 1 amide bonds. The Morgan fingerprint density at radius 3 is 2.61 bits per heavy atom. The summed E-state index contributed by atoms with van der Waals surface area (Å²) in [6, 6.07) is 10.6. The average molecular weight is 561 g/mol. The van der Waals surface area contributed by atoms with Crippen LogP contribution in [0.1, 0.15) is 46.6 Å². The minimum atomic E-state index is -1.15. The van der Waals surface area contributed by atoms with Gasteiger partial charge >= 0.3 is 5.97 Å². The Morgan fingerprint density at radius 2 is 1.97 bits per heavy atom. The molecule has 2 atom stereocenters. The van der Waals surface area contributed by atoms with Crippen LogP contribution < -0.4 is 14.4 Å². The molecule has 0 bridgehead atoms. The molecule has 1 aliphatic heterocycles. The van der Waals surface area contributed by atoms with Crippen LogP contribution >= 0.6 is 22.9 Å². The lowest BCUT2D eigenvalue weighted by atomic mass is 9.92. The Kier molecular flexibility index (Phi) is 8.27. The van der Waals surface area contributed by atoms with E-state index in [0.29, 0.717) is 38.3 Å². The highest BCUT2D eigenvalue weighted by molar-refractivity contribution is 7.09. The van der Waals surface area contributed by atoms with E-state index in [1.54, 1.807) is 35.2 Å². The lowest BCUT2D eigenvalue weighted by Crippen LogP contribution is -2.45. The fraction of sp³-hybridized carbons (Fsp3) is 0.370. The van der Waals surface area contributed by atoms with E-state index >= 15 is 0 Å². The standard InChI is InChI=1S/C27H29ClN2O7S/c1-27(2,14-31)13-30-19-9-8-15(28)10-17(19)23(16-6-5-7-20(35-3)24(16)36-4)37-21(25(30)32)11-22-29-18(12-38-22)26(33)34/h5-10,12,21,23,31H,11,13-14H2,1-4H3,(H,33,34)/t21-,23-/m1/s1. The molecular weight excluding hydrogens is 532 g/mol. The topological polar surface area (TPSA) is 118 Å². The van der Waals surface area contributed by atoms with Crippen molar-refractivity contribution >= 4 is 40.5 Å². The third-order valence-corrected chi connectivity index (χ3v) is 7.37. The van der Waals surface area contributed by atoms with E-state index in [1.807, 2.05) is 19.9 Å². The van der Waals surface area contributed by atoms with E-state index in [4.69, 9.17) is 25.8 Å². The first-order chi connectivity index (χ1) is 18.1. The number of fused-ring (bicyclic) bond motifs is 1. The first kappa shape index (κ1) is 27.8. The average Bonchev–Trinajstić information content (AvgIpc) is 3.34. The van der Waals surface area contributed by atoms with Crippen LogP contribution in [-0.2, 0) is 16.0 Å². The Morgan fingerprint density at radius 1 is 1.21 bits per heavy atom. The molecule has 3 aromatic rings. The number of amides is 1. The maximum absolute atomic E-state index is 14.1. The lowest BCUT2D eigenvalue weighted by molar-refractivity contribution is -0.132. The number of benzene rings is 2. The summed E-state index contributed by atoms with van der Waals surface area (Å²) in [5.74, 6) is -0.545. The van der Waals surface area contributed by atoms with E-state index < -0.39 is 23.6 Å². The number of aromatic carboxylic acids is 1. The van der Waals surface area contributed by atoms with Crippen LogP contribution in [0.4, 0.5) is 5.69 Å². The van der Waals surface area contributed by atoms with E-state index in [9.17, 15) is 19.8 Å². The monoisotopic (exact) mass is 560 g/mol. The molecule has 0 radical (unpaired) electrons. The molecule has 202 valence electrons. The van der Waals surface area contributed by atoms with Gasteiger partial charge in [-0.3, -0.25) is 4.79 Å². The molecule has 0 fully saturated rings. The summed E-state index contributed by atoms with van der Waals surface area (Å²) in [6.07, 6.45) is -1.76. The summed E-state index contributed by atoms with van der Waals surface area (Å²) in [6.45, 7) is 3.78. The number of para-hydroxylation sites is 1. The highest BCUT2D eigenvalue weighted by Gasteiger charge is 2.40. The lowest BCUT2D eigenvalue weighted by Gasteiger charge is -2.32. The number of rotatable bonds is 9. The van der Waals surface area contributed by atoms with E-state index in [-0.39, 0.29) is 31.2 Å². The summed E-state index contributed by atoms with van der Waals surface area (Å²) in [7, 11) is 3.06. The van der Waals surface area contributed by atoms with Crippen LogP contribution in [-0.4, -0.2) is 60.5 Å². The van der Waals surface area contributed by atoms with Crippen LogP contribution in [0.15, 0.2) is 41.8 Å². The second-order valence-corrected chi connectivity index (χ2v) is 11.1. The largest absolute Gasteiger partial charge is 0.493 e. The number of carboxylic acid groups (broad SMARTS) is 1. The number of aliphatic hydroxyl groups excluding tert-OH is 1. The van der Waals surface area contributed by atoms with Gasteiger partial charge in [-0.2, -0.15) is 0 Å². The molecule has 0 saturated heterocycles. The maximum atomic E-state index is 14.1. The molecular formula is C27H29ClN2O7S. The van der Waals surface area contributed by atoms with Crippen LogP contribution in [0.2, 0.25) is 5.02 Å². The summed E-state index contributed by atoms with van der Waals surface area (Å²) in [5, 5.41) is 21.7. The molecule has 38 heavy (non-hydrogen) atoms. The molecule has 2 aromatic carbocycles. The van der Waals surface area contributed by atoms with Gasteiger partial charge in [-0.1, -0.05) is 37.6 Å². The zero-order valence-electron chi connectivity index (χ0n) is 21.4. The summed E-state index contributed by atoms with van der Waals surface area (Å²) >= 11 is 7.59. The van der Waals surface area contributed by atoms with Gasteiger partial charge in [-0.05, 0) is 24.3 Å². The number of aliphatic hydroxyl groups is 1. The van der Waals surface area contributed by atoms with Crippen molar-refractivity contribution in [1.29, 1.82) is 0 Å². The van der Waals surface area contributed by atoms with Gasteiger partial charge in [0.1, 0.15) is 12.2 Å². The van der Waals surface area contributed by atoms with E-state index in [2.05, 4.69) is 4.98 Å². The summed E-state index contributed by atoms with van der Waals surface area (Å²) in [4.78, 5) is 31.2. The fourth-order valence-electron chi connectivity index (χ4n) is 4.37. The van der Waals surface area contributed by atoms with Gasteiger partial charge in [0.15, 0.2) is 17.2 Å². The number of carbonyl (C=O) groups is 2. The van der Waals surface area contributed by atoms with Crippen LogP contribution in [0.25, 0.3) is 0 Å². The zero-order chi connectivity index (χ0) is 27.6. The van der Waals surface area contributed by atoms with Crippen molar-refractivity contribution in [3.8, 4) is 11.5 Å². The molecule has 1 aliphatic rings. The van der Waals surface area contributed by atoms with Crippen molar-refractivity contribution in [2.45, 2.75) is 32.5 Å². The minimum absolute atomic E-state index is 0.0529. The van der Waals surface area contributed by atoms with Gasteiger partial charge in [-0.15, -0.1) is 11.3 Å². The number of thiazole rings is 1. The molecule has 11 heteroatoms. The molecule has 1 aromatic heterocycles. The molecule has 2 heterocycles. The van der Waals surface area contributed by atoms with Crippen molar-refractivity contribution in [2.24, 2.45) is 5.41 Å². The molecule has 9 nitrogen and oxygen atoms in total. The Balaban J connectivity index is 1.90. The summed E-state index contributed by atoms with van der Waals surface area (Å²) < 4.78 is 17.8. The second kappa shape index (κ2) is 11.3.